The average molecular weight is 419 g/mol. The molecule has 0 unspecified atom stereocenters. The molecule has 28 heavy (non-hydrogen) atoms. The van der Waals surface area contributed by atoms with Gasteiger partial charge in [0.2, 0.25) is 5.78 Å². The van der Waals surface area contributed by atoms with Gasteiger partial charge in [0.05, 0.1) is 10.6 Å². The van der Waals surface area contributed by atoms with Gasteiger partial charge in [-0.3, -0.25) is 19.1 Å². The molecule has 1 aromatic heterocycles. The number of aromatic nitrogens is 2. The van der Waals surface area contributed by atoms with E-state index in [-0.39, 0.29) is 23.2 Å². The highest BCUT2D eigenvalue weighted by molar-refractivity contribution is 7.90. The van der Waals surface area contributed by atoms with Crippen LogP contribution in [0.2, 0.25) is 0 Å². The molecule has 0 aliphatic rings. The van der Waals surface area contributed by atoms with Gasteiger partial charge < -0.3 is 10.4 Å². The molecule has 0 bridgehead atoms. The predicted molar refractivity (Wildman–Crippen MR) is 93.1 cm³/mol. The number of anilines is 1. The van der Waals surface area contributed by atoms with Crippen molar-refractivity contribution < 1.29 is 31.2 Å². The number of alkyl halides is 3. The monoisotopic (exact) mass is 419 g/mol. The van der Waals surface area contributed by atoms with Crippen LogP contribution in [-0.4, -0.2) is 42.3 Å². The third-order valence-corrected chi connectivity index (χ3v) is 5.11. The highest BCUT2D eigenvalue weighted by Crippen LogP contribution is 2.30. The maximum Gasteiger partial charge on any atom is 0.471 e. The summed E-state index contributed by atoms with van der Waals surface area (Å²) in [4.78, 5) is 35.6. The number of sulfone groups is 1. The number of aryl methyl sites for hydroxylation is 1. The molecule has 2 N–H and O–H groups in total. The molecule has 0 aliphatic heterocycles. The van der Waals surface area contributed by atoms with Gasteiger partial charge in [0.25, 0.3) is 5.56 Å². The number of rotatable bonds is 5. The van der Waals surface area contributed by atoms with Crippen LogP contribution < -0.4 is 10.9 Å². The Hall–Kier alpha value is -2.89. The van der Waals surface area contributed by atoms with E-state index in [0.29, 0.717) is 0 Å². The lowest BCUT2D eigenvalue weighted by molar-refractivity contribution is -0.167. The second-order valence-corrected chi connectivity index (χ2v) is 7.89. The Morgan fingerprint density at radius 1 is 1.21 bits per heavy atom. The molecule has 1 aromatic carbocycles. The number of hydrogen-bond donors (Lipinski definition) is 2. The van der Waals surface area contributed by atoms with E-state index in [2.05, 4.69) is 5.10 Å². The van der Waals surface area contributed by atoms with Crippen molar-refractivity contribution >= 4 is 27.2 Å². The molecule has 152 valence electrons. The maximum absolute atomic E-state index is 12.7. The molecule has 1 heterocycles. The van der Waals surface area contributed by atoms with Crippen LogP contribution in [0.15, 0.2) is 28.0 Å². The zero-order valence-electron chi connectivity index (χ0n) is 15.0. The maximum atomic E-state index is 12.7. The van der Waals surface area contributed by atoms with E-state index in [4.69, 9.17) is 0 Å². The molecular weight excluding hydrogens is 403 g/mol. The van der Waals surface area contributed by atoms with Gasteiger partial charge in [-0.15, -0.1) is 0 Å². The number of amides is 1. The summed E-state index contributed by atoms with van der Waals surface area (Å²) in [5.74, 6) is -3.21. The van der Waals surface area contributed by atoms with E-state index in [1.807, 2.05) is 0 Å². The van der Waals surface area contributed by atoms with E-state index < -0.39 is 43.8 Å². The Kier molecular flexibility index (Phi) is 5.55. The minimum atomic E-state index is -5.27. The fourth-order valence-corrected chi connectivity index (χ4v) is 3.42. The average Bonchev–Trinajstić information content (AvgIpc) is 2.94. The fraction of sp³-hybridized carbons (Fsp3) is 0.312. The number of carbonyl (C=O) groups is 2. The van der Waals surface area contributed by atoms with E-state index >= 15 is 0 Å². The summed E-state index contributed by atoms with van der Waals surface area (Å²) < 4.78 is 62.9. The molecule has 0 spiro atoms. The molecule has 2 aromatic rings. The zero-order chi connectivity index (χ0) is 21.4. The molecular formula is C16H16F3N3O5S. The lowest BCUT2D eigenvalue weighted by atomic mass is 9.99. The molecule has 0 radical (unpaired) electrons. The number of hydrogen-bond acceptors (Lipinski definition) is 5. The molecule has 8 nitrogen and oxygen atoms in total. The van der Waals surface area contributed by atoms with Gasteiger partial charge in [0, 0.05) is 24.6 Å². The van der Waals surface area contributed by atoms with E-state index in [1.54, 1.807) is 6.92 Å². The van der Waals surface area contributed by atoms with Crippen LogP contribution in [0.3, 0.4) is 0 Å². The van der Waals surface area contributed by atoms with Crippen LogP contribution in [0.4, 0.5) is 18.9 Å². The van der Waals surface area contributed by atoms with Crippen molar-refractivity contribution in [1.29, 1.82) is 0 Å². The van der Waals surface area contributed by atoms with Gasteiger partial charge >= 0.3 is 12.1 Å². The first-order valence-corrected chi connectivity index (χ1v) is 9.73. The fourth-order valence-electron chi connectivity index (χ4n) is 2.53. The van der Waals surface area contributed by atoms with Crippen LogP contribution in [-0.2, 0) is 21.2 Å². The molecule has 12 heteroatoms. The first-order chi connectivity index (χ1) is 12.8. The molecule has 0 saturated carbocycles. The second kappa shape index (κ2) is 7.26. The van der Waals surface area contributed by atoms with Crippen molar-refractivity contribution in [1.82, 2.24) is 9.78 Å². The van der Waals surface area contributed by atoms with Crippen LogP contribution in [0.1, 0.15) is 28.4 Å². The smallest absolute Gasteiger partial charge is 0.317 e. The van der Waals surface area contributed by atoms with Gasteiger partial charge in [-0.2, -0.15) is 13.2 Å². The Labute approximate surface area is 157 Å². The van der Waals surface area contributed by atoms with Gasteiger partial charge in [-0.25, -0.2) is 8.42 Å². The topological polar surface area (TPSA) is 118 Å². The van der Waals surface area contributed by atoms with Crippen molar-refractivity contribution in [2.45, 2.75) is 31.5 Å². The Balaban J connectivity index is 2.66. The minimum absolute atomic E-state index is 0.214. The summed E-state index contributed by atoms with van der Waals surface area (Å²) in [5, 5.41) is 4.08. The van der Waals surface area contributed by atoms with E-state index in [0.717, 1.165) is 29.3 Å². The van der Waals surface area contributed by atoms with Crippen LogP contribution >= 0.6 is 0 Å². The third kappa shape index (κ3) is 4.01. The van der Waals surface area contributed by atoms with Crippen molar-refractivity contribution in [3.05, 3.63) is 45.4 Å². The van der Waals surface area contributed by atoms with Crippen molar-refractivity contribution in [3.8, 4) is 0 Å². The van der Waals surface area contributed by atoms with Gasteiger partial charge in [0.15, 0.2) is 9.84 Å². The van der Waals surface area contributed by atoms with E-state index in [1.165, 1.54) is 12.2 Å². The molecule has 0 atom stereocenters. The quantitative estimate of drug-likeness (QED) is 0.715. The number of nitrogens with one attached hydrogen (secondary N) is 2. The van der Waals surface area contributed by atoms with Crippen LogP contribution in [0.25, 0.3) is 0 Å². The van der Waals surface area contributed by atoms with Crippen LogP contribution in [0.5, 0.6) is 0 Å². The van der Waals surface area contributed by atoms with Crippen molar-refractivity contribution in [3.63, 3.8) is 0 Å². The number of aromatic amines is 1. The summed E-state index contributed by atoms with van der Waals surface area (Å²) >= 11 is 0. The zero-order valence-corrected chi connectivity index (χ0v) is 15.8. The molecule has 2 rings (SSSR count). The largest absolute Gasteiger partial charge is 0.471 e. The summed E-state index contributed by atoms with van der Waals surface area (Å²) in [6.45, 7) is 3.09. The Morgan fingerprint density at radius 2 is 1.82 bits per heavy atom. The summed E-state index contributed by atoms with van der Waals surface area (Å²) in [6, 6.07) is 1.99. The van der Waals surface area contributed by atoms with Crippen molar-refractivity contribution in [2.24, 2.45) is 0 Å². The highest BCUT2D eigenvalue weighted by atomic mass is 32.2. The summed E-state index contributed by atoms with van der Waals surface area (Å²) in [5.41, 5.74) is -2.01. The lowest BCUT2D eigenvalue weighted by Gasteiger charge is -2.16. The SMILES string of the molecule is CCn1[nH]cc(C(=O)c2ccc(S(C)(=O)=O)c(NC(=O)C(F)(F)F)c2C)c1=O. The summed E-state index contributed by atoms with van der Waals surface area (Å²) in [7, 11) is -4.03. The van der Waals surface area contributed by atoms with Gasteiger partial charge in [-0.1, -0.05) is 0 Å². The Bertz CT molecular complexity index is 1110. The first kappa shape index (κ1) is 21.4. The minimum Gasteiger partial charge on any atom is -0.317 e. The number of halogens is 3. The molecule has 0 aliphatic carbocycles. The number of H-pyrrole nitrogens is 1. The number of ketones is 1. The number of carbonyl (C=O) groups excluding carboxylic acids is 2. The predicted octanol–water partition coefficient (Wildman–Crippen LogP) is 1.64. The van der Waals surface area contributed by atoms with Crippen molar-refractivity contribution in [2.75, 3.05) is 11.6 Å². The standard InChI is InChI=1S/C16H16F3N3O5S/c1-4-22-14(24)10(7-20-22)13(23)9-5-6-11(28(3,26)27)12(8(9)2)21-15(25)16(17,18)19/h5-7,20H,4H2,1-3H3,(H,21,25). The Morgan fingerprint density at radius 3 is 2.29 bits per heavy atom. The second-order valence-electron chi connectivity index (χ2n) is 5.90. The number of benzene rings is 1. The van der Waals surface area contributed by atoms with Gasteiger partial charge in [-0.05, 0) is 31.5 Å². The molecule has 0 fully saturated rings. The van der Waals surface area contributed by atoms with Crippen LogP contribution in [0, 0.1) is 6.92 Å². The first-order valence-electron chi connectivity index (χ1n) is 7.83. The molecule has 1 amide bonds. The third-order valence-electron chi connectivity index (χ3n) is 3.97. The van der Waals surface area contributed by atoms with Gasteiger partial charge in [0.1, 0.15) is 5.56 Å². The normalized spacial score (nSPS) is 12.1. The summed E-state index contributed by atoms with van der Waals surface area (Å²) in [6.07, 6.45) is -3.37. The highest BCUT2D eigenvalue weighted by Gasteiger charge is 2.40. The molecule has 0 saturated heterocycles. The number of nitrogens with zero attached hydrogens (tertiary/aromatic N) is 1. The lowest BCUT2D eigenvalue weighted by Crippen LogP contribution is -2.31. The van der Waals surface area contributed by atoms with E-state index in [9.17, 15) is 36.0 Å².